The highest BCUT2D eigenvalue weighted by molar-refractivity contribution is 7.86. The summed E-state index contributed by atoms with van der Waals surface area (Å²) in [5, 5.41) is 15.2. The topological polar surface area (TPSA) is 164 Å². The molecule has 13 heavy (non-hydrogen) atoms. The predicted molar refractivity (Wildman–Crippen MR) is 40.8 cm³/mol. The van der Waals surface area contributed by atoms with Crippen LogP contribution in [0, 0.1) is 0 Å². The van der Waals surface area contributed by atoms with Gasteiger partial charge in [-0.25, -0.2) is 0 Å². The van der Waals surface area contributed by atoms with Gasteiger partial charge in [-0.1, -0.05) is 0 Å². The van der Waals surface area contributed by atoms with E-state index < -0.39 is 33.6 Å². The average molecular weight is 214 g/mol. The standard InChI is InChI=1S/C4H10N2O6S/c5-3(8)4(6,9)2(1-7)13(10,11)12/h2,7,9H,1,6H2,(H2,5,8)(H,10,11,12)/t2-,4+/m0/s1. The van der Waals surface area contributed by atoms with Crippen molar-refractivity contribution in [1.82, 2.24) is 0 Å². The van der Waals surface area contributed by atoms with Crippen LogP contribution >= 0.6 is 0 Å². The van der Waals surface area contributed by atoms with Gasteiger partial charge in [0.25, 0.3) is 16.0 Å². The molecule has 9 heteroatoms. The summed E-state index contributed by atoms with van der Waals surface area (Å²) in [6.07, 6.45) is 0. The number of amides is 1. The summed E-state index contributed by atoms with van der Waals surface area (Å²) in [7, 11) is -4.84. The highest BCUT2D eigenvalue weighted by Gasteiger charge is 2.46. The number of rotatable bonds is 4. The summed E-state index contributed by atoms with van der Waals surface area (Å²) in [5.41, 5.74) is 6.33. The molecule has 7 N–H and O–H groups in total. The molecule has 2 atom stereocenters. The van der Waals surface area contributed by atoms with Gasteiger partial charge in [0.2, 0.25) is 5.72 Å². The van der Waals surface area contributed by atoms with Gasteiger partial charge < -0.3 is 15.9 Å². The van der Waals surface area contributed by atoms with E-state index in [4.69, 9.17) is 20.5 Å². The minimum atomic E-state index is -4.84. The Morgan fingerprint density at radius 2 is 1.92 bits per heavy atom. The van der Waals surface area contributed by atoms with Crippen molar-refractivity contribution in [1.29, 1.82) is 0 Å². The maximum Gasteiger partial charge on any atom is 0.274 e. The summed E-state index contributed by atoms with van der Waals surface area (Å²) < 4.78 is 29.3. The van der Waals surface area contributed by atoms with Crippen LogP contribution in [0.25, 0.3) is 0 Å². The minimum absolute atomic E-state index is 1.23. The molecule has 0 aliphatic heterocycles. The van der Waals surface area contributed by atoms with E-state index in [-0.39, 0.29) is 0 Å². The second-order valence-corrected chi connectivity index (χ2v) is 3.97. The van der Waals surface area contributed by atoms with Crippen LogP contribution in [0.2, 0.25) is 0 Å². The minimum Gasteiger partial charge on any atom is -0.395 e. The molecule has 0 aromatic heterocycles. The Labute approximate surface area is 73.9 Å². The van der Waals surface area contributed by atoms with Crippen LogP contribution in [0.5, 0.6) is 0 Å². The van der Waals surface area contributed by atoms with Crippen LogP contribution in [0.1, 0.15) is 0 Å². The third kappa shape index (κ3) is 2.60. The van der Waals surface area contributed by atoms with Crippen LogP contribution in [0.15, 0.2) is 0 Å². The van der Waals surface area contributed by atoms with Crippen molar-refractivity contribution in [3.05, 3.63) is 0 Å². The zero-order valence-corrected chi connectivity index (χ0v) is 7.23. The van der Waals surface area contributed by atoms with Crippen molar-refractivity contribution in [3.8, 4) is 0 Å². The smallest absolute Gasteiger partial charge is 0.274 e. The molecule has 78 valence electrons. The van der Waals surface area contributed by atoms with Crippen LogP contribution in [0.3, 0.4) is 0 Å². The maximum absolute atomic E-state index is 10.5. The van der Waals surface area contributed by atoms with E-state index in [1.54, 1.807) is 0 Å². The van der Waals surface area contributed by atoms with Gasteiger partial charge in [-0.2, -0.15) is 8.42 Å². The molecule has 0 saturated heterocycles. The van der Waals surface area contributed by atoms with E-state index in [1.165, 1.54) is 0 Å². The van der Waals surface area contributed by atoms with Crippen molar-refractivity contribution in [3.63, 3.8) is 0 Å². The lowest BCUT2D eigenvalue weighted by atomic mass is 10.1. The third-order valence-corrected chi connectivity index (χ3v) is 2.64. The number of aliphatic hydroxyl groups excluding tert-OH is 1. The van der Waals surface area contributed by atoms with E-state index in [9.17, 15) is 13.2 Å². The summed E-state index contributed by atoms with van der Waals surface area (Å²) in [6.45, 7) is -1.23. The Balaban J connectivity index is 5.12. The van der Waals surface area contributed by atoms with Gasteiger partial charge in [0, 0.05) is 0 Å². The second-order valence-electron chi connectivity index (χ2n) is 2.38. The van der Waals surface area contributed by atoms with Gasteiger partial charge in [0.1, 0.15) is 0 Å². The molecule has 0 aromatic rings. The fourth-order valence-corrected chi connectivity index (χ4v) is 1.38. The lowest BCUT2D eigenvalue weighted by Crippen LogP contribution is -2.63. The fraction of sp³-hybridized carbons (Fsp3) is 0.750. The van der Waals surface area contributed by atoms with Gasteiger partial charge in [-0.3, -0.25) is 15.1 Å². The van der Waals surface area contributed by atoms with Gasteiger partial charge in [0.15, 0.2) is 5.25 Å². The first-order valence-electron chi connectivity index (χ1n) is 3.02. The molecule has 0 rings (SSSR count). The molecule has 0 aliphatic rings. The number of hydrogen-bond donors (Lipinski definition) is 5. The average Bonchev–Trinajstić information content (AvgIpc) is 1.83. The maximum atomic E-state index is 10.5. The lowest BCUT2D eigenvalue weighted by Gasteiger charge is -2.25. The molecule has 0 aliphatic carbocycles. The van der Waals surface area contributed by atoms with E-state index in [2.05, 4.69) is 5.73 Å². The Kier molecular flexibility index (Phi) is 3.35. The van der Waals surface area contributed by atoms with Crippen LogP contribution in [0.4, 0.5) is 0 Å². The van der Waals surface area contributed by atoms with Crippen molar-refractivity contribution in [2.75, 3.05) is 6.61 Å². The number of primary amides is 1. The first kappa shape index (κ1) is 12.3. The SMILES string of the molecule is NC(=O)[C@](N)(O)[C@H](CO)S(=O)(=O)O. The molecule has 8 nitrogen and oxygen atoms in total. The quantitative estimate of drug-likeness (QED) is 0.238. The molecule has 0 bridgehead atoms. The molecule has 0 spiro atoms. The van der Waals surface area contributed by atoms with Crippen LogP contribution < -0.4 is 11.5 Å². The van der Waals surface area contributed by atoms with E-state index in [0.29, 0.717) is 0 Å². The molecule has 0 heterocycles. The molecule has 1 amide bonds. The molecule has 0 radical (unpaired) electrons. The number of carbonyl (C=O) groups is 1. The summed E-state index contributed by atoms with van der Waals surface area (Å²) in [5.74, 6) is -1.57. The van der Waals surface area contributed by atoms with Gasteiger partial charge in [0.05, 0.1) is 6.61 Å². The summed E-state index contributed by atoms with van der Waals surface area (Å²) >= 11 is 0. The zero-order valence-electron chi connectivity index (χ0n) is 6.41. The Hall–Kier alpha value is -0.740. The van der Waals surface area contributed by atoms with Crippen molar-refractivity contribution in [2.24, 2.45) is 11.5 Å². The van der Waals surface area contributed by atoms with E-state index >= 15 is 0 Å². The lowest BCUT2D eigenvalue weighted by molar-refractivity contribution is -0.136. The highest BCUT2D eigenvalue weighted by atomic mass is 32.2. The molecule has 0 unspecified atom stereocenters. The zero-order chi connectivity index (χ0) is 10.9. The van der Waals surface area contributed by atoms with E-state index in [0.717, 1.165) is 0 Å². The van der Waals surface area contributed by atoms with E-state index in [1.807, 2.05) is 0 Å². The number of aliphatic hydroxyl groups is 2. The summed E-state index contributed by atoms with van der Waals surface area (Å²) in [4.78, 5) is 10.4. The highest BCUT2D eigenvalue weighted by Crippen LogP contribution is 2.10. The normalized spacial score (nSPS) is 19.1. The van der Waals surface area contributed by atoms with Crippen molar-refractivity contribution < 1.29 is 28.0 Å². The molecule has 0 aromatic carbocycles. The van der Waals surface area contributed by atoms with Crippen molar-refractivity contribution >= 4 is 16.0 Å². The molecule has 0 fully saturated rings. The molecular weight excluding hydrogens is 204 g/mol. The Morgan fingerprint density at radius 3 is 2.00 bits per heavy atom. The number of carbonyl (C=O) groups excluding carboxylic acids is 1. The second kappa shape index (κ2) is 3.55. The van der Waals surface area contributed by atoms with Crippen LogP contribution in [-0.2, 0) is 14.9 Å². The number of nitrogens with two attached hydrogens (primary N) is 2. The van der Waals surface area contributed by atoms with Gasteiger partial charge in [-0.15, -0.1) is 0 Å². The van der Waals surface area contributed by atoms with Gasteiger partial charge in [-0.05, 0) is 0 Å². The monoisotopic (exact) mass is 214 g/mol. The molecule has 0 saturated carbocycles. The van der Waals surface area contributed by atoms with Crippen molar-refractivity contribution in [2.45, 2.75) is 11.0 Å². The summed E-state index contributed by atoms with van der Waals surface area (Å²) in [6, 6.07) is 0. The first-order valence-corrected chi connectivity index (χ1v) is 4.52. The first-order chi connectivity index (χ1) is 5.64. The predicted octanol–water partition coefficient (Wildman–Crippen LogP) is -3.63. The number of hydrogen-bond acceptors (Lipinski definition) is 6. The largest absolute Gasteiger partial charge is 0.395 e. The Bertz CT molecular complexity index is 296. The fourth-order valence-electron chi connectivity index (χ4n) is 0.619. The van der Waals surface area contributed by atoms with Crippen LogP contribution in [-0.4, -0.2) is 46.7 Å². The Morgan fingerprint density at radius 1 is 1.54 bits per heavy atom. The third-order valence-electron chi connectivity index (χ3n) is 1.41. The van der Waals surface area contributed by atoms with Gasteiger partial charge >= 0.3 is 0 Å². The molecular formula is C4H10N2O6S.